The molecule has 1 fully saturated rings. The smallest absolute Gasteiger partial charge is 0.240 e. The molecule has 1 aliphatic heterocycles. The molecule has 1 aromatic rings. The van der Waals surface area contributed by atoms with Crippen LogP contribution < -0.4 is 10.5 Å². The molecule has 5 nitrogen and oxygen atoms in total. The highest BCUT2D eigenvalue weighted by Gasteiger charge is 2.22. The summed E-state index contributed by atoms with van der Waals surface area (Å²) in [5, 5.41) is 0. The Morgan fingerprint density at radius 1 is 1.33 bits per heavy atom. The first-order valence-electron chi connectivity index (χ1n) is 5.95. The van der Waals surface area contributed by atoms with Gasteiger partial charge in [0, 0.05) is 24.9 Å². The Kier molecular flexibility index (Phi) is 3.89. The number of benzene rings is 1. The SMILES string of the molecule is Cc1ccc(S(=O)(=O)NC2CCOCC2)cc1N. The van der Waals surface area contributed by atoms with E-state index in [1.807, 2.05) is 6.92 Å². The second kappa shape index (κ2) is 5.26. The lowest BCUT2D eigenvalue weighted by Crippen LogP contribution is -2.38. The minimum Gasteiger partial charge on any atom is -0.398 e. The van der Waals surface area contributed by atoms with E-state index in [1.54, 1.807) is 12.1 Å². The number of nitrogen functional groups attached to an aromatic ring is 1. The van der Waals surface area contributed by atoms with E-state index in [0.717, 1.165) is 5.56 Å². The summed E-state index contributed by atoms with van der Waals surface area (Å²) in [7, 11) is -3.48. The lowest BCUT2D eigenvalue weighted by molar-refractivity contribution is 0.0832. The fourth-order valence-electron chi connectivity index (χ4n) is 1.89. The summed E-state index contributed by atoms with van der Waals surface area (Å²) < 4.78 is 32.2. The van der Waals surface area contributed by atoms with Gasteiger partial charge in [-0.2, -0.15) is 0 Å². The maximum Gasteiger partial charge on any atom is 0.240 e. The molecule has 0 unspecified atom stereocenters. The van der Waals surface area contributed by atoms with Crippen molar-refractivity contribution >= 4 is 15.7 Å². The lowest BCUT2D eigenvalue weighted by atomic mass is 10.1. The summed E-state index contributed by atoms with van der Waals surface area (Å²) >= 11 is 0. The Bertz CT molecular complexity index is 522. The number of aryl methyl sites for hydroxylation is 1. The van der Waals surface area contributed by atoms with Gasteiger partial charge in [-0.1, -0.05) is 6.07 Å². The van der Waals surface area contributed by atoms with Crippen LogP contribution in [0.25, 0.3) is 0 Å². The number of hydrogen-bond acceptors (Lipinski definition) is 4. The maximum atomic E-state index is 12.2. The van der Waals surface area contributed by atoms with E-state index in [4.69, 9.17) is 10.5 Å². The molecule has 0 aliphatic carbocycles. The molecule has 100 valence electrons. The second-order valence-electron chi connectivity index (χ2n) is 4.53. The second-order valence-corrected chi connectivity index (χ2v) is 6.24. The van der Waals surface area contributed by atoms with Crippen LogP contribution in [0.2, 0.25) is 0 Å². The van der Waals surface area contributed by atoms with Gasteiger partial charge < -0.3 is 10.5 Å². The molecule has 0 saturated carbocycles. The van der Waals surface area contributed by atoms with E-state index in [9.17, 15) is 8.42 Å². The average Bonchev–Trinajstić information content (AvgIpc) is 2.33. The molecule has 0 aromatic heterocycles. The third-order valence-corrected chi connectivity index (χ3v) is 4.62. The minimum absolute atomic E-state index is 0.0497. The first-order valence-corrected chi connectivity index (χ1v) is 7.43. The molecule has 0 spiro atoms. The summed E-state index contributed by atoms with van der Waals surface area (Å²) in [6.45, 7) is 3.05. The van der Waals surface area contributed by atoms with Crippen molar-refractivity contribution in [2.24, 2.45) is 0 Å². The summed E-state index contributed by atoms with van der Waals surface area (Å²) in [5.74, 6) is 0. The molecule has 2 rings (SSSR count). The van der Waals surface area contributed by atoms with Gasteiger partial charge in [0.15, 0.2) is 0 Å². The van der Waals surface area contributed by atoms with Gasteiger partial charge in [0.1, 0.15) is 0 Å². The zero-order chi connectivity index (χ0) is 13.2. The highest BCUT2D eigenvalue weighted by Crippen LogP contribution is 2.18. The van der Waals surface area contributed by atoms with Gasteiger partial charge in [-0.3, -0.25) is 0 Å². The van der Waals surface area contributed by atoms with Crippen LogP contribution in [0.4, 0.5) is 5.69 Å². The number of hydrogen-bond donors (Lipinski definition) is 2. The summed E-state index contributed by atoms with van der Waals surface area (Å²) in [6, 6.07) is 4.74. The van der Waals surface area contributed by atoms with Crippen LogP contribution in [0.15, 0.2) is 23.1 Å². The minimum atomic E-state index is -3.48. The zero-order valence-electron chi connectivity index (χ0n) is 10.3. The predicted molar refractivity (Wildman–Crippen MR) is 69.8 cm³/mol. The number of ether oxygens (including phenoxy) is 1. The molecule has 3 N–H and O–H groups in total. The van der Waals surface area contributed by atoms with Crippen molar-refractivity contribution in [2.45, 2.75) is 30.7 Å². The Hall–Kier alpha value is -1.11. The molecule has 1 aromatic carbocycles. The molecule has 1 heterocycles. The predicted octanol–water partition coefficient (Wildman–Crippen LogP) is 1.03. The number of anilines is 1. The molecule has 0 amide bonds. The number of sulfonamides is 1. The van der Waals surface area contributed by atoms with Crippen LogP contribution in [-0.2, 0) is 14.8 Å². The standard InChI is InChI=1S/C12H18N2O3S/c1-9-2-3-11(8-12(9)13)18(15,16)14-10-4-6-17-7-5-10/h2-3,8,10,14H,4-7,13H2,1H3. The van der Waals surface area contributed by atoms with Crippen molar-refractivity contribution in [1.29, 1.82) is 0 Å². The molecular formula is C12H18N2O3S. The normalized spacial score (nSPS) is 17.8. The Balaban J connectivity index is 2.16. The molecular weight excluding hydrogens is 252 g/mol. The summed E-state index contributed by atoms with van der Waals surface area (Å²) in [6.07, 6.45) is 1.42. The number of nitrogens with one attached hydrogen (secondary N) is 1. The number of nitrogens with two attached hydrogens (primary N) is 1. The summed E-state index contributed by atoms with van der Waals surface area (Å²) in [4.78, 5) is 0.220. The molecule has 1 saturated heterocycles. The third kappa shape index (κ3) is 3.01. The quantitative estimate of drug-likeness (QED) is 0.804. The fraction of sp³-hybridized carbons (Fsp3) is 0.500. The molecule has 0 radical (unpaired) electrons. The molecule has 18 heavy (non-hydrogen) atoms. The maximum absolute atomic E-state index is 12.2. The lowest BCUT2D eigenvalue weighted by Gasteiger charge is -2.23. The van der Waals surface area contributed by atoms with E-state index in [-0.39, 0.29) is 10.9 Å². The van der Waals surface area contributed by atoms with E-state index in [1.165, 1.54) is 6.07 Å². The Morgan fingerprint density at radius 3 is 2.61 bits per heavy atom. The first-order chi connectivity index (χ1) is 8.49. The van der Waals surface area contributed by atoms with Gasteiger partial charge >= 0.3 is 0 Å². The van der Waals surface area contributed by atoms with Crippen molar-refractivity contribution in [1.82, 2.24) is 4.72 Å². The van der Waals surface area contributed by atoms with Crippen molar-refractivity contribution in [2.75, 3.05) is 18.9 Å². The van der Waals surface area contributed by atoms with Crippen LogP contribution >= 0.6 is 0 Å². The molecule has 0 bridgehead atoms. The van der Waals surface area contributed by atoms with Crippen LogP contribution in [0.5, 0.6) is 0 Å². The van der Waals surface area contributed by atoms with Crippen molar-refractivity contribution in [3.8, 4) is 0 Å². The number of rotatable bonds is 3. The van der Waals surface area contributed by atoms with E-state index in [0.29, 0.717) is 31.7 Å². The molecule has 0 atom stereocenters. The van der Waals surface area contributed by atoms with Gasteiger partial charge in [-0.15, -0.1) is 0 Å². The van der Waals surface area contributed by atoms with Crippen molar-refractivity contribution in [3.05, 3.63) is 23.8 Å². The van der Waals surface area contributed by atoms with E-state index < -0.39 is 10.0 Å². The first kappa shape index (κ1) is 13.3. The zero-order valence-corrected chi connectivity index (χ0v) is 11.2. The van der Waals surface area contributed by atoms with Crippen LogP contribution in [-0.4, -0.2) is 27.7 Å². The molecule has 6 heteroatoms. The van der Waals surface area contributed by atoms with Crippen molar-refractivity contribution < 1.29 is 13.2 Å². The van der Waals surface area contributed by atoms with Crippen LogP contribution in [0, 0.1) is 6.92 Å². The van der Waals surface area contributed by atoms with Gasteiger partial charge in [0.25, 0.3) is 0 Å². The fourth-order valence-corrected chi connectivity index (χ4v) is 3.23. The van der Waals surface area contributed by atoms with Gasteiger partial charge in [0.2, 0.25) is 10.0 Å². The Labute approximate surface area is 107 Å². The van der Waals surface area contributed by atoms with Crippen molar-refractivity contribution in [3.63, 3.8) is 0 Å². The van der Waals surface area contributed by atoms with Gasteiger partial charge in [0.05, 0.1) is 4.90 Å². The van der Waals surface area contributed by atoms with E-state index in [2.05, 4.69) is 4.72 Å². The largest absolute Gasteiger partial charge is 0.398 e. The Morgan fingerprint density at radius 2 is 2.00 bits per heavy atom. The van der Waals surface area contributed by atoms with E-state index >= 15 is 0 Å². The average molecular weight is 270 g/mol. The van der Waals surface area contributed by atoms with Gasteiger partial charge in [-0.05, 0) is 37.5 Å². The third-order valence-electron chi connectivity index (χ3n) is 3.10. The van der Waals surface area contributed by atoms with Crippen LogP contribution in [0.3, 0.4) is 0 Å². The highest BCUT2D eigenvalue weighted by atomic mass is 32.2. The topological polar surface area (TPSA) is 81.4 Å². The summed E-state index contributed by atoms with van der Waals surface area (Å²) in [5.41, 5.74) is 7.10. The van der Waals surface area contributed by atoms with Crippen LogP contribution in [0.1, 0.15) is 18.4 Å². The molecule has 1 aliphatic rings. The monoisotopic (exact) mass is 270 g/mol. The van der Waals surface area contributed by atoms with Gasteiger partial charge in [-0.25, -0.2) is 13.1 Å². The highest BCUT2D eigenvalue weighted by molar-refractivity contribution is 7.89.